The largest absolute Gasteiger partial charge is 0.465 e. The van der Waals surface area contributed by atoms with Crippen LogP contribution in [0, 0.1) is 17.8 Å². The van der Waals surface area contributed by atoms with Crippen molar-refractivity contribution in [1.82, 2.24) is 0 Å². The minimum absolute atomic E-state index is 0.00130. The van der Waals surface area contributed by atoms with Gasteiger partial charge in [0.25, 0.3) is 0 Å². The summed E-state index contributed by atoms with van der Waals surface area (Å²) in [6.45, 7) is 6.60. The van der Waals surface area contributed by atoms with Gasteiger partial charge in [-0.3, -0.25) is 19.2 Å². The summed E-state index contributed by atoms with van der Waals surface area (Å²) < 4.78 is 10.5. The highest BCUT2D eigenvalue weighted by Gasteiger charge is 2.44. The lowest BCUT2D eigenvalue weighted by atomic mass is 9.79. The smallest absolute Gasteiger partial charge is 0.316 e. The molecule has 0 heterocycles. The molecule has 0 radical (unpaired) electrons. The number of ketones is 2. The number of esters is 2. The van der Waals surface area contributed by atoms with Gasteiger partial charge in [-0.1, -0.05) is 12.5 Å². The van der Waals surface area contributed by atoms with Crippen LogP contribution in [0.4, 0.5) is 0 Å². The molecule has 0 aliphatic heterocycles. The van der Waals surface area contributed by atoms with Crippen LogP contribution in [0.3, 0.4) is 0 Å². The molecule has 2 aliphatic rings. The standard InChI is InChI=1S/C19H26O6/c1-5-24-19(23)14(11(3)20)9-16-15-8-10(2)18(25-12(4)21)13(15)6-7-17(16)22/h10,13-14,18H,5-9H2,1-4H3/t10?,13?,14?,18-/m0/s1. The van der Waals surface area contributed by atoms with Crippen molar-refractivity contribution in [2.45, 2.75) is 59.5 Å². The fraction of sp³-hybridized carbons (Fsp3) is 0.684. The van der Waals surface area contributed by atoms with E-state index in [1.54, 1.807) is 6.92 Å². The van der Waals surface area contributed by atoms with Gasteiger partial charge in [0.2, 0.25) is 0 Å². The molecule has 6 nitrogen and oxygen atoms in total. The number of allylic oxidation sites excluding steroid dienone is 1. The third-order valence-corrected chi connectivity index (χ3v) is 5.13. The summed E-state index contributed by atoms with van der Waals surface area (Å²) >= 11 is 0. The number of rotatable bonds is 6. The Balaban J connectivity index is 2.32. The average Bonchev–Trinajstić information content (AvgIpc) is 2.82. The van der Waals surface area contributed by atoms with E-state index in [1.165, 1.54) is 13.8 Å². The van der Waals surface area contributed by atoms with E-state index in [0.717, 1.165) is 5.57 Å². The van der Waals surface area contributed by atoms with Crippen molar-refractivity contribution in [1.29, 1.82) is 0 Å². The molecule has 3 unspecified atom stereocenters. The lowest BCUT2D eigenvalue weighted by Crippen LogP contribution is -2.31. The van der Waals surface area contributed by atoms with Crippen LogP contribution in [0.25, 0.3) is 0 Å². The van der Waals surface area contributed by atoms with Crippen LogP contribution in [0.15, 0.2) is 11.1 Å². The summed E-state index contributed by atoms with van der Waals surface area (Å²) in [4.78, 5) is 47.9. The fourth-order valence-electron chi connectivity index (χ4n) is 3.99. The number of Topliss-reactive ketones (excluding diaryl/α,β-unsaturated/α-hetero) is 2. The second kappa shape index (κ2) is 7.93. The van der Waals surface area contributed by atoms with Gasteiger partial charge < -0.3 is 9.47 Å². The Kier molecular flexibility index (Phi) is 6.14. The number of carbonyl (C=O) groups is 4. The Bertz CT molecular complexity index is 617. The highest BCUT2D eigenvalue weighted by molar-refractivity contribution is 6.02. The molecule has 0 aromatic heterocycles. The molecule has 0 spiro atoms. The highest BCUT2D eigenvalue weighted by atomic mass is 16.5. The van der Waals surface area contributed by atoms with Crippen LogP contribution in [-0.2, 0) is 28.7 Å². The predicted octanol–water partition coefficient (Wildman–Crippen LogP) is 2.39. The average molecular weight is 350 g/mol. The van der Waals surface area contributed by atoms with Crippen molar-refractivity contribution in [2.75, 3.05) is 6.61 Å². The van der Waals surface area contributed by atoms with Crippen LogP contribution in [0.1, 0.15) is 53.4 Å². The zero-order valence-electron chi connectivity index (χ0n) is 15.3. The number of ether oxygens (including phenoxy) is 2. The normalized spacial score (nSPS) is 26.9. The lowest BCUT2D eigenvalue weighted by Gasteiger charge is -2.28. The molecular weight excluding hydrogens is 324 g/mol. The van der Waals surface area contributed by atoms with E-state index >= 15 is 0 Å². The Labute approximate surface area is 147 Å². The zero-order chi connectivity index (χ0) is 18.7. The maximum absolute atomic E-state index is 12.5. The van der Waals surface area contributed by atoms with Gasteiger partial charge in [-0.2, -0.15) is 0 Å². The Morgan fingerprint density at radius 2 is 1.92 bits per heavy atom. The molecule has 0 amide bonds. The monoisotopic (exact) mass is 350 g/mol. The van der Waals surface area contributed by atoms with E-state index in [0.29, 0.717) is 24.8 Å². The van der Waals surface area contributed by atoms with E-state index in [-0.39, 0.29) is 48.5 Å². The fourth-order valence-corrected chi connectivity index (χ4v) is 3.99. The van der Waals surface area contributed by atoms with Gasteiger partial charge in [0.05, 0.1) is 6.61 Å². The van der Waals surface area contributed by atoms with Gasteiger partial charge in [-0.15, -0.1) is 0 Å². The summed E-state index contributed by atoms with van der Waals surface area (Å²) in [5, 5.41) is 0. The van der Waals surface area contributed by atoms with Crippen molar-refractivity contribution >= 4 is 23.5 Å². The van der Waals surface area contributed by atoms with Crippen LogP contribution in [0.2, 0.25) is 0 Å². The first kappa shape index (κ1) is 19.3. The van der Waals surface area contributed by atoms with Gasteiger partial charge in [0, 0.05) is 19.3 Å². The number of hydrogen-bond acceptors (Lipinski definition) is 6. The van der Waals surface area contributed by atoms with E-state index < -0.39 is 11.9 Å². The quantitative estimate of drug-likeness (QED) is 0.540. The van der Waals surface area contributed by atoms with Gasteiger partial charge >= 0.3 is 11.9 Å². The zero-order valence-corrected chi connectivity index (χ0v) is 15.3. The molecule has 25 heavy (non-hydrogen) atoms. The summed E-state index contributed by atoms with van der Waals surface area (Å²) in [5.74, 6) is -2.07. The van der Waals surface area contributed by atoms with Crippen LogP contribution < -0.4 is 0 Å². The maximum Gasteiger partial charge on any atom is 0.316 e. The van der Waals surface area contributed by atoms with Gasteiger partial charge in [-0.05, 0) is 44.6 Å². The maximum atomic E-state index is 12.5. The molecule has 0 aromatic carbocycles. The minimum Gasteiger partial charge on any atom is -0.465 e. The summed E-state index contributed by atoms with van der Waals surface area (Å²) in [7, 11) is 0. The van der Waals surface area contributed by atoms with Crippen molar-refractivity contribution in [3.05, 3.63) is 11.1 Å². The first-order valence-electron chi connectivity index (χ1n) is 8.85. The SMILES string of the molecule is CCOC(=O)C(CC1=C2CC(C)[C@H](OC(C)=O)C2CCC1=O)C(C)=O. The van der Waals surface area contributed by atoms with Gasteiger partial charge in [0.1, 0.15) is 17.8 Å². The molecule has 0 aromatic rings. The van der Waals surface area contributed by atoms with Crippen LogP contribution in [-0.4, -0.2) is 36.2 Å². The molecule has 0 saturated heterocycles. The molecule has 0 bridgehead atoms. The van der Waals surface area contributed by atoms with E-state index in [4.69, 9.17) is 9.47 Å². The first-order chi connectivity index (χ1) is 11.8. The number of carbonyl (C=O) groups excluding carboxylic acids is 4. The number of hydrogen-bond donors (Lipinski definition) is 0. The second-order valence-electron chi connectivity index (χ2n) is 6.95. The van der Waals surface area contributed by atoms with Crippen molar-refractivity contribution < 1.29 is 28.7 Å². The second-order valence-corrected chi connectivity index (χ2v) is 6.95. The molecule has 2 rings (SSSR count). The molecule has 2 aliphatic carbocycles. The minimum atomic E-state index is -0.951. The Hall–Kier alpha value is -1.98. The molecule has 0 N–H and O–H groups in total. The molecule has 6 heteroatoms. The van der Waals surface area contributed by atoms with E-state index in [9.17, 15) is 19.2 Å². The lowest BCUT2D eigenvalue weighted by molar-refractivity contribution is -0.151. The summed E-state index contributed by atoms with van der Waals surface area (Å²) in [6.07, 6.45) is 1.48. The molecule has 4 atom stereocenters. The predicted molar refractivity (Wildman–Crippen MR) is 89.5 cm³/mol. The highest BCUT2D eigenvalue weighted by Crippen LogP contribution is 2.46. The van der Waals surface area contributed by atoms with Crippen molar-refractivity contribution in [2.24, 2.45) is 17.8 Å². The summed E-state index contributed by atoms with van der Waals surface area (Å²) in [6, 6.07) is 0. The molecule has 138 valence electrons. The van der Waals surface area contributed by atoms with Crippen molar-refractivity contribution in [3.8, 4) is 0 Å². The van der Waals surface area contributed by atoms with Gasteiger partial charge in [0.15, 0.2) is 5.78 Å². The Morgan fingerprint density at radius 3 is 2.48 bits per heavy atom. The van der Waals surface area contributed by atoms with E-state index in [2.05, 4.69) is 0 Å². The third-order valence-electron chi connectivity index (χ3n) is 5.13. The summed E-state index contributed by atoms with van der Waals surface area (Å²) in [5.41, 5.74) is 1.51. The number of fused-ring (bicyclic) bond motifs is 1. The Morgan fingerprint density at radius 1 is 1.24 bits per heavy atom. The molecular formula is C19H26O6. The van der Waals surface area contributed by atoms with Gasteiger partial charge in [-0.25, -0.2) is 0 Å². The van der Waals surface area contributed by atoms with Crippen LogP contribution >= 0.6 is 0 Å². The molecule has 1 saturated carbocycles. The first-order valence-corrected chi connectivity index (χ1v) is 8.85. The molecule has 1 fully saturated rings. The topological polar surface area (TPSA) is 86.7 Å². The van der Waals surface area contributed by atoms with E-state index in [1.807, 2.05) is 6.92 Å². The van der Waals surface area contributed by atoms with Crippen LogP contribution in [0.5, 0.6) is 0 Å². The van der Waals surface area contributed by atoms with Crippen molar-refractivity contribution in [3.63, 3.8) is 0 Å². The third kappa shape index (κ3) is 4.17.